The summed E-state index contributed by atoms with van der Waals surface area (Å²) in [5.41, 5.74) is 1.85. The quantitative estimate of drug-likeness (QED) is 0.878. The average molecular weight is 324 g/mol. The molecule has 1 aromatic carbocycles. The Balaban J connectivity index is 1.69. The molecule has 126 valence electrons. The van der Waals surface area contributed by atoms with Crippen LogP contribution in [-0.2, 0) is 0 Å². The summed E-state index contributed by atoms with van der Waals surface area (Å²) in [4.78, 5) is 6.86. The fourth-order valence-electron chi connectivity index (χ4n) is 4.44. The summed E-state index contributed by atoms with van der Waals surface area (Å²) in [7, 11) is 1.66. The molecular weight excluding hydrogens is 300 g/mol. The van der Waals surface area contributed by atoms with E-state index in [4.69, 9.17) is 4.74 Å². The first kappa shape index (κ1) is 15.6. The zero-order valence-corrected chi connectivity index (χ0v) is 14.1. The second-order valence-corrected chi connectivity index (χ2v) is 6.97. The molecule has 0 amide bonds. The van der Waals surface area contributed by atoms with Crippen molar-refractivity contribution in [1.29, 1.82) is 0 Å². The molecule has 1 aromatic heterocycles. The summed E-state index contributed by atoms with van der Waals surface area (Å²) in [6.07, 6.45) is 5.62. The van der Waals surface area contributed by atoms with E-state index < -0.39 is 6.10 Å². The molecule has 4 heteroatoms. The molecule has 0 radical (unpaired) electrons. The maximum absolute atomic E-state index is 11.2. The minimum atomic E-state index is -0.504. The number of aliphatic hydroxyl groups excluding tert-OH is 1. The average Bonchev–Trinajstić information content (AvgIpc) is 2.66. The first-order valence-corrected chi connectivity index (χ1v) is 8.68. The number of piperidine rings is 3. The molecule has 2 bridgehead atoms. The van der Waals surface area contributed by atoms with Crippen LogP contribution in [0.4, 0.5) is 0 Å². The summed E-state index contributed by atoms with van der Waals surface area (Å²) >= 11 is 0. The van der Waals surface area contributed by atoms with Gasteiger partial charge in [-0.25, -0.2) is 0 Å². The van der Waals surface area contributed by atoms with Crippen LogP contribution in [0.15, 0.2) is 43.1 Å². The third kappa shape index (κ3) is 2.50. The van der Waals surface area contributed by atoms with Crippen molar-refractivity contribution < 1.29 is 9.84 Å². The van der Waals surface area contributed by atoms with E-state index in [-0.39, 0.29) is 6.04 Å². The highest BCUT2D eigenvalue weighted by Crippen LogP contribution is 2.42. The number of aliphatic hydroxyl groups is 1. The molecule has 2 aromatic rings. The molecule has 3 saturated heterocycles. The molecule has 24 heavy (non-hydrogen) atoms. The second-order valence-electron chi connectivity index (χ2n) is 6.97. The molecule has 4 heterocycles. The van der Waals surface area contributed by atoms with Gasteiger partial charge in [-0.2, -0.15) is 0 Å². The van der Waals surface area contributed by atoms with Gasteiger partial charge in [0.15, 0.2) is 0 Å². The minimum Gasteiger partial charge on any atom is -0.497 e. The van der Waals surface area contributed by atoms with Crippen molar-refractivity contribution in [3.8, 4) is 5.75 Å². The topological polar surface area (TPSA) is 45.6 Å². The lowest BCUT2D eigenvalue weighted by Gasteiger charge is -2.50. The van der Waals surface area contributed by atoms with Gasteiger partial charge in [0, 0.05) is 24.2 Å². The predicted molar refractivity (Wildman–Crippen MR) is 95.0 cm³/mol. The third-order valence-corrected chi connectivity index (χ3v) is 5.82. The lowest BCUT2D eigenvalue weighted by Crippen LogP contribution is -2.54. The highest BCUT2D eigenvalue weighted by molar-refractivity contribution is 5.83. The normalized spacial score (nSPS) is 30.2. The Labute approximate surface area is 142 Å². The van der Waals surface area contributed by atoms with E-state index in [1.165, 1.54) is 6.42 Å². The summed E-state index contributed by atoms with van der Waals surface area (Å²) in [6.45, 7) is 6.07. The van der Waals surface area contributed by atoms with Gasteiger partial charge in [0.1, 0.15) is 5.75 Å². The summed E-state index contributed by atoms with van der Waals surface area (Å²) in [6, 6.07) is 7.96. The van der Waals surface area contributed by atoms with Crippen molar-refractivity contribution in [2.75, 3.05) is 20.2 Å². The van der Waals surface area contributed by atoms with Crippen molar-refractivity contribution in [3.05, 3.63) is 48.7 Å². The summed E-state index contributed by atoms with van der Waals surface area (Å²) in [5.74, 6) is 2.01. The van der Waals surface area contributed by atoms with Crippen LogP contribution in [0.3, 0.4) is 0 Å². The van der Waals surface area contributed by atoms with Crippen LogP contribution in [0, 0.1) is 11.8 Å². The van der Waals surface area contributed by atoms with E-state index in [1.54, 1.807) is 13.3 Å². The van der Waals surface area contributed by atoms with E-state index in [2.05, 4.69) is 22.5 Å². The molecule has 4 nitrogen and oxygen atoms in total. The van der Waals surface area contributed by atoms with Crippen molar-refractivity contribution in [3.63, 3.8) is 0 Å². The summed E-state index contributed by atoms with van der Waals surface area (Å²) < 4.78 is 5.35. The van der Waals surface area contributed by atoms with Crippen LogP contribution in [-0.4, -0.2) is 41.2 Å². The van der Waals surface area contributed by atoms with Crippen LogP contribution < -0.4 is 4.74 Å². The summed E-state index contributed by atoms with van der Waals surface area (Å²) in [5, 5.41) is 12.1. The van der Waals surface area contributed by atoms with Crippen LogP contribution in [0.25, 0.3) is 10.9 Å². The second kappa shape index (κ2) is 6.19. The molecule has 3 aliphatic heterocycles. The Morgan fingerprint density at radius 3 is 3.00 bits per heavy atom. The minimum absolute atomic E-state index is 0.178. The monoisotopic (exact) mass is 324 g/mol. The van der Waals surface area contributed by atoms with Crippen LogP contribution in [0.2, 0.25) is 0 Å². The first-order chi connectivity index (χ1) is 11.7. The van der Waals surface area contributed by atoms with Gasteiger partial charge in [-0.1, -0.05) is 6.08 Å². The van der Waals surface area contributed by atoms with Crippen molar-refractivity contribution in [2.24, 2.45) is 11.8 Å². The predicted octanol–water partition coefficient (Wildman–Crippen LogP) is 3.17. The van der Waals surface area contributed by atoms with Gasteiger partial charge in [-0.15, -0.1) is 6.58 Å². The first-order valence-electron chi connectivity index (χ1n) is 8.68. The van der Waals surface area contributed by atoms with Crippen molar-refractivity contribution >= 4 is 10.9 Å². The SMILES string of the molecule is C=C[C@@H]1CN2CC[C@@H]1C[C@H]2[C@@H](O)c1ccnc2ccc(OC)cc12. The maximum atomic E-state index is 11.2. The molecule has 1 N–H and O–H groups in total. The number of ether oxygens (including phenoxy) is 1. The van der Waals surface area contributed by atoms with E-state index in [1.807, 2.05) is 24.3 Å². The molecule has 1 unspecified atom stereocenters. The van der Waals surface area contributed by atoms with E-state index >= 15 is 0 Å². The van der Waals surface area contributed by atoms with Crippen molar-refractivity contribution in [2.45, 2.75) is 25.0 Å². The fraction of sp³-hybridized carbons (Fsp3) is 0.450. The third-order valence-electron chi connectivity index (χ3n) is 5.82. The van der Waals surface area contributed by atoms with Gasteiger partial charge in [0.05, 0.1) is 18.7 Å². The van der Waals surface area contributed by atoms with Gasteiger partial charge in [0.25, 0.3) is 0 Å². The fourth-order valence-corrected chi connectivity index (χ4v) is 4.44. The maximum Gasteiger partial charge on any atom is 0.119 e. The lowest BCUT2D eigenvalue weighted by molar-refractivity contribution is -0.0444. The number of pyridine rings is 1. The van der Waals surface area contributed by atoms with E-state index in [9.17, 15) is 5.11 Å². The largest absolute Gasteiger partial charge is 0.497 e. The van der Waals surface area contributed by atoms with Gasteiger partial charge in [0.2, 0.25) is 0 Å². The number of aromatic nitrogens is 1. The number of hydrogen-bond donors (Lipinski definition) is 1. The molecule has 0 spiro atoms. The molecule has 3 aliphatic rings. The zero-order valence-electron chi connectivity index (χ0n) is 14.1. The smallest absolute Gasteiger partial charge is 0.119 e. The molecular formula is C20H24N2O2. The van der Waals surface area contributed by atoms with Gasteiger partial charge in [-0.3, -0.25) is 9.88 Å². The number of hydrogen-bond acceptors (Lipinski definition) is 4. The molecule has 0 aliphatic carbocycles. The lowest BCUT2D eigenvalue weighted by atomic mass is 9.73. The Morgan fingerprint density at radius 1 is 1.42 bits per heavy atom. The van der Waals surface area contributed by atoms with Crippen LogP contribution >= 0.6 is 0 Å². The zero-order chi connectivity index (χ0) is 16.7. The molecule has 5 atom stereocenters. The van der Waals surface area contributed by atoms with E-state index in [0.717, 1.165) is 41.7 Å². The van der Waals surface area contributed by atoms with E-state index in [0.29, 0.717) is 11.8 Å². The van der Waals surface area contributed by atoms with Gasteiger partial charge < -0.3 is 9.84 Å². The standard InChI is InChI=1S/C20H24N2O2/c1-3-13-12-22-9-7-14(13)10-19(22)20(23)16-6-8-21-18-5-4-15(24-2)11-17(16)18/h3-6,8,11,13-14,19-20,23H,1,7,9-10,12H2,2H3/t13-,14-,19+,20+/m1/s1. The number of nitrogens with zero attached hydrogens (tertiary/aromatic N) is 2. The highest BCUT2D eigenvalue weighted by Gasteiger charge is 2.42. The Hall–Kier alpha value is -1.91. The Morgan fingerprint density at radius 2 is 2.29 bits per heavy atom. The number of fused-ring (bicyclic) bond motifs is 4. The van der Waals surface area contributed by atoms with Gasteiger partial charge in [-0.05, 0) is 61.1 Å². The number of methoxy groups -OCH3 is 1. The molecule has 5 rings (SSSR count). The highest BCUT2D eigenvalue weighted by atomic mass is 16.5. The van der Waals surface area contributed by atoms with Crippen LogP contribution in [0.1, 0.15) is 24.5 Å². The number of benzene rings is 1. The molecule has 0 saturated carbocycles. The molecule has 3 fully saturated rings. The van der Waals surface area contributed by atoms with Gasteiger partial charge >= 0.3 is 0 Å². The number of rotatable bonds is 4. The van der Waals surface area contributed by atoms with Crippen LogP contribution in [0.5, 0.6) is 5.75 Å². The van der Waals surface area contributed by atoms with Crippen molar-refractivity contribution in [1.82, 2.24) is 9.88 Å². The Bertz CT molecular complexity index is 760. The Kier molecular flexibility index (Phi) is 4.02.